The minimum absolute atomic E-state index is 0.292. The van der Waals surface area contributed by atoms with E-state index in [2.05, 4.69) is 18.1 Å². The Morgan fingerprint density at radius 1 is 1.35 bits per heavy atom. The van der Waals surface area contributed by atoms with Gasteiger partial charge < -0.3 is 4.90 Å². The lowest BCUT2D eigenvalue weighted by Crippen LogP contribution is -2.45. The fraction of sp³-hybridized carbons (Fsp3) is 0.300. The van der Waals surface area contributed by atoms with Gasteiger partial charge in [0.2, 0.25) is 0 Å². The third-order valence-corrected chi connectivity index (χ3v) is 4.74. The van der Waals surface area contributed by atoms with Gasteiger partial charge in [-0.15, -0.1) is 0 Å². The monoisotopic (exact) mass is 353 g/mol. The van der Waals surface area contributed by atoms with E-state index in [0.717, 1.165) is 10.5 Å². The summed E-state index contributed by atoms with van der Waals surface area (Å²) in [5.74, 6) is -0.694. The van der Waals surface area contributed by atoms with E-state index in [-0.39, 0.29) is 18.2 Å². The number of hydrogen-bond acceptors (Lipinski definition) is 4. The molecule has 1 unspecified atom stereocenters. The number of pyridine rings is 1. The first kappa shape index (κ1) is 19.3. The molecule has 1 aromatic heterocycles. The lowest BCUT2D eigenvalue weighted by molar-refractivity contribution is -0.132. The molecule has 1 aromatic rings. The lowest BCUT2D eigenvalue weighted by atomic mass is 9.91. The van der Waals surface area contributed by atoms with Gasteiger partial charge in [-0.2, -0.15) is 0 Å². The highest BCUT2D eigenvalue weighted by Gasteiger charge is 2.52. The van der Waals surface area contributed by atoms with Crippen molar-refractivity contribution in [3.63, 3.8) is 0 Å². The van der Waals surface area contributed by atoms with Crippen molar-refractivity contribution in [3.05, 3.63) is 67.0 Å². The van der Waals surface area contributed by atoms with E-state index in [1.54, 1.807) is 44.5 Å². The number of hydrogen-bond donors (Lipinski definition) is 0. The lowest BCUT2D eigenvalue weighted by Gasteiger charge is -2.28. The minimum Gasteiger partial charge on any atom is -0.313 e. The Balaban J connectivity index is 2.16. The van der Waals surface area contributed by atoms with E-state index in [4.69, 9.17) is 0 Å². The second-order valence-electron chi connectivity index (χ2n) is 6.35. The fourth-order valence-corrected chi connectivity index (χ4v) is 2.88. The van der Waals surface area contributed by atoms with Crippen molar-refractivity contribution < 1.29 is 14.4 Å². The average Bonchev–Trinajstić information content (AvgIpc) is 2.81. The molecule has 1 aliphatic heterocycles. The molecule has 1 fully saturated rings. The molecule has 1 atom stereocenters. The van der Waals surface area contributed by atoms with Gasteiger partial charge in [-0.1, -0.05) is 31.4 Å². The van der Waals surface area contributed by atoms with Gasteiger partial charge in [-0.25, -0.2) is 4.79 Å². The van der Waals surface area contributed by atoms with Crippen LogP contribution in [0.15, 0.2) is 61.5 Å². The van der Waals surface area contributed by atoms with Crippen LogP contribution < -0.4 is 0 Å². The van der Waals surface area contributed by atoms with E-state index in [9.17, 15) is 14.4 Å². The number of nitrogens with zero attached hydrogens (tertiary/aromatic N) is 3. The number of allylic oxidation sites excluding steroid dienone is 4. The molecule has 0 N–H and O–H groups in total. The number of carbonyl (C=O) groups excluding carboxylic acids is 3. The molecule has 136 valence electrons. The summed E-state index contributed by atoms with van der Waals surface area (Å²) < 4.78 is 0. The summed E-state index contributed by atoms with van der Waals surface area (Å²) >= 11 is 0. The van der Waals surface area contributed by atoms with Gasteiger partial charge in [0.05, 0.1) is 6.54 Å². The molecule has 0 bridgehead atoms. The Kier molecular flexibility index (Phi) is 5.87. The van der Waals surface area contributed by atoms with E-state index in [0.29, 0.717) is 18.4 Å². The minimum atomic E-state index is -1.00. The number of aromatic nitrogens is 1. The first-order valence-electron chi connectivity index (χ1n) is 8.32. The quantitative estimate of drug-likeness (QED) is 0.409. The standard InChI is InChI=1S/C20H23N3O3/c1-5-8-15(6-2)10-11-20(3)18(25)23(19(26)22(20)4)14-17(24)16-9-7-12-21-13-16/h5-9,12-13H,1-2,10-11,14H2,3-4H3/b15-8+. The van der Waals surface area contributed by atoms with Gasteiger partial charge in [-0.05, 0) is 37.5 Å². The van der Waals surface area contributed by atoms with Crippen LogP contribution >= 0.6 is 0 Å². The predicted octanol–water partition coefficient (Wildman–Crippen LogP) is 3.00. The molecule has 2 rings (SSSR count). The molecular formula is C20H23N3O3. The topological polar surface area (TPSA) is 70.6 Å². The molecule has 2 heterocycles. The van der Waals surface area contributed by atoms with Crippen LogP contribution in [0.5, 0.6) is 0 Å². The molecule has 0 radical (unpaired) electrons. The fourth-order valence-electron chi connectivity index (χ4n) is 2.88. The highest BCUT2D eigenvalue weighted by atomic mass is 16.2. The maximum Gasteiger partial charge on any atom is 0.327 e. The van der Waals surface area contributed by atoms with Gasteiger partial charge in [0.25, 0.3) is 5.91 Å². The predicted molar refractivity (Wildman–Crippen MR) is 99.6 cm³/mol. The number of urea groups is 1. The highest BCUT2D eigenvalue weighted by Crippen LogP contribution is 2.32. The zero-order valence-corrected chi connectivity index (χ0v) is 15.1. The number of carbonyl (C=O) groups is 3. The molecule has 1 saturated heterocycles. The summed E-state index contributed by atoms with van der Waals surface area (Å²) in [6.45, 7) is 8.83. The molecule has 0 saturated carbocycles. The van der Waals surface area contributed by atoms with E-state index in [1.165, 1.54) is 11.1 Å². The van der Waals surface area contributed by atoms with Crippen molar-refractivity contribution in [2.24, 2.45) is 0 Å². The highest BCUT2D eigenvalue weighted by molar-refractivity contribution is 6.10. The first-order valence-corrected chi connectivity index (χ1v) is 8.32. The van der Waals surface area contributed by atoms with Crippen LogP contribution in [0.1, 0.15) is 30.1 Å². The summed E-state index contributed by atoms with van der Waals surface area (Å²) in [6, 6.07) is 2.78. The number of rotatable bonds is 8. The number of ketones is 1. The molecule has 6 nitrogen and oxygen atoms in total. The Morgan fingerprint density at radius 2 is 2.08 bits per heavy atom. The second-order valence-corrected chi connectivity index (χ2v) is 6.35. The third-order valence-electron chi connectivity index (χ3n) is 4.74. The summed E-state index contributed by atoms with van der Waals surface area (Å²) in [4.78, 5) is 44.1. The number of Topliss-reactive ketones (excluding diaryl/α,β-unsaturated/α-hetero) is 1. The molecule has 0 aromatic carbocycles. The van der Waals surface area contributed by atoms with Crippen molar-refractivity contribution in [1.29, 1.82) is 0 Å². The summed E-state index contributed by atoms with van der Waals surface area (Å²) in [7, 11) is 1.58. The van der Waals surface area contributed by atoms with Crippen LogP contribution in [0, 0.1) is 0 Å². The number of amides is 3. The average molecular weight is 353 g/mol. The Morgan fingerprint density at radius 3 is 2.65 bits per heavy atom. The van der Waals surface area contributed by atoms with Crippen molar-refractivity contribution in [3.8, 4) is 0 Å². The van der Waals surface area contributed by atoms with E-state index < -0.39 is 11.6 Å². The maximum absolute atomic E-state index is 12.9. The van der Waals surface area contributed by atoms with Crippen molar-refractivity contribution in [2.75, 3.05) is 13.6 Å². The van der Waals surface area contributed by atoms with Crippen LogP contribution in [-0.4, -0.2) is 51.6 Å². The largest absolute Gasteiger partial charge is 0.327 e. The van der Waals surface area contributed by atoms with Gasteiger partial charge in [0, 0.05) is 25.0 Å². The molecule has 26 heavy (non-hydrogen) atoms. The zero-order chi connectivity index (χ0) is 19.3. The second kappa shape index (κ2) is 7.91. The normalized spacial score (nSPS) is 20.5. The van der Waals surface area contributed by atoms with Crippen LogP contribution in [-0.2, 0) is 4.79 Å². The van der Waals surface area contributed by atoms with Gasteiger partial charge >= 0.3 is 6.03 Å². The van der Waals surface area contributed by atoms with Crippen LogP contribution in [0.2, 0.25) is 0 Å². The van der Waals surface area contributed by atoms with Crippen LogP contribution in [0.3, 0.4) is 0 Å². The van der Waals surface area contributed by atoms with Gasteiger partial charge in [0.15, 0.2) is 5.78 Å². The van der Waals surface area contributed by atoms with Gasteiger partial charge in [-0.3, -0.25) is 19.5 Å². The van der Waals surface area contributed by atoms with Crippen molar-refractivity contribution in [2.45, 2.75) is 25.3 Å². The Labute approximate surface area is 153 Å². The Bertz CT molecular complexity index is 770. The van der Waals surface area contributed by atoms with E-state index in [1.807, 2.05) is 6.08 Å². The van der Waals surface area contributed by atoms with Crippen LogP contribution in [0.4, 0.5) is 4.79 Å². The SMILES string of the molecule is C=C/C=C(\C=C)CCC1(C)C(=O)N(CC(=O)c2cccnc2)C(=O)N1C. The molecule has 1 aliphatic rings. The molecule has 0 spiro atoms. The molecule has 3 amide bonds. The van der Waals surface area contributed by atoms with Crippen molar-refractivity contribution >= 4 is 17.7 Å². The summed E-state index contributed by atoms with van der Waals surface area (Å²) in [5.41, 5.74) is 0.294. The zero-order valence-electron chi connectivity index (χ0n) is 15.1. The van der Waals surface area contributed by atoms with Crippen molar-refractivity contribution in [1.82, 2.24) is 14.8 Å². The maximum atomic E-state index is 12.9. The third kappa shape index (κ3) is 3.64. The molecule has 6 heteroatoms. The number of likely N-dealkylation sites (N-methyl/N-ethyl adjacent to an activating group) is 1. The Hall–Kier alpha value is -3.02. The first-order chi connectivity index (χ1) is 12.3. The van der Waals surface area contributed by atoms with Gasteiger partial charge in [0.1, 0.15) is 5.54 Å². The molecule has 0 aliphatic carbocycles. The number of imide groups is 1. The summed E-state index contributed by atoms with van der Waals surface area (Å²) in [5, 5.41) is 0. The molecular weight excluding hydrogens is 330 g/mol. The summed E-state index contributed by atoms with van der Waals surface area (Å²) in [6.07, 6.45) is 9.16. The van der Waals surface area contributed by atoms with E-state index >= 15 is 0 Å². The van der Waals surface area contributed by atoms with Crippen LogP contribution in [0.25, 0.3) is 0 Å². The smallest absolute Gasteiger partial charge is 0.313 e.